The van der Waals surface area contributed by atoms with Crippen molar-refractivity contribution in [2.45, 2.75) is 238 Å². The van der Waals surface area contributed by atoms with Crippen LogP contribution in [-0.4, -0.2) is 23.1 Å². The van der Waals surface area contributed by atoms with Crippen LogP contribution in [0.15, 0.2) is 12.2 Å². The van der Waals surface area contributed by atoms with Gasteiger partial charge in [-0.05, 0) is 64.2 Å². The van der Waals surface area contributed by atoms with Gasteiger partial charge in [0.15, 0.2) is 0 Å². The van der Waals surface area contributed by atoms with Crippen molar-refractivity contribution < 1.29 is 19.4 Å². The summed E-state index contributed by atoms with van der Waals surface area (Å²) in [6.07, 6.45) is 45.2. The number of carbonyl (C=O) groups excluding carboxylic acids is 1. The first-order chi connectivity index (χ1) is 22.1. The molecule has 0 fully saturated rings. The fourth-order valence-electron chi connectivity index (χ4n) is 6.24. The van der Waals surface area contributed by atoms with Crippen LogP contribution in [0.5, 0.6) is 0 Å². The van der Waals surface area contributed by atoms with Crippen LogP contribution in [0.1, 0.15) is 232 Å². The standard InChI is InChI=1S/C41H78O4/c1-3-5-7-9-11-13-14-15-16-17-22-26-30-34-38-41(44)45-39(35-31-27-23-12-10-8-6-4-2)36-32-28-24-20-18-19-21-25-29-33-37-40(42)43/h13-14,39H,3-12,15-38H2,1-2H3,(H,42,43)/b14-13-. The maximum atomic E-state index is 12.7. The Morgan fingerprint density at radius 2 is 0.800 bits per heavy atom. The van der Waals surface area contributed by atoms with Gasteiger partial charge < -0.3 is 9.84 Å². The lowest BCUT2D eigenvalue weighted by Crippen LogP contribution is -2.18. The number of carboxylic acids is 1. The van der Waals surface area contributed by atoms with Gasteiger partial charge in [0.25, 0.3) is 0 Å². The van der Waals surface area contributed by atoms with E-state index >= 15 is 0 Å². The van der Waals surface area contributed by atoms with Gasteiger partial charge in [-0.25, -0.2) is 0 Å². The summed E-state index contributed by atoms with van der Waals surface area (Å²) in [7, 11) is 0. The van der Waals surface area contributed by atoms with Gasteiger partial charge in [0.05, 0.1) is 0 Å². The maximum absolute atomic E-state index is 12.7. The van der Waals surface area contributed by atoms with E-state index in [1.807, 2.05) is 0 Å². The summed E-state index contributed by atoms with van der Waals surface area (Å²) in [5, 5.41) is 8.72. The molecule has 0 rings (SSSR count). The molecular weight excluding hydrogens is 556 g/mol. The molecule has 4 nitrogen and oxygen atoms in total. The molecule has 0 aromatic carbocycles. The molecule has 0 aromatic heterocycles. The van der Waals surface area contributed by atoms with Crippen molar-refractivity contribution in [1.82, 2.24) is 0 Å². The van der Waals surface area contributed by atoms with Gasteiger partial charge in [-0.15, -0.1) is 0 Å². The maximum Gasteiger partial charge on any atom is 0.306 e. The zero-order valence-electron chi connectivity index (χ0n) is 30.4. The molecule has 0 amide bonds. The van der Waals surface area contributed by atoms with E-state index < -0.39 is 5.97 Å². The topological polar surface area (TPSA) is 63.6 Å². The van der Waals surface area contributed by atoms with E-state index in [2.05, 4.69) is 26.0 Å². The summed E-state index contributed by atoms with van der Waals surface area (Å²) >= 11 is 0. The first-order valence-electron chi connectivity index (χ1n) is 20.2. The van der Waals surface area contributed by atoms with Gasteiger partial charge >= 0.3 is 11.9 Å². The average molecular weight is 635 g/mol. The van der Waals surface area contributed by atoms with Crippen LogP contribution < -0.4 is 0 Å². The van der Waals surface area contributed by atoms with Crippen LogP contribution in [0.3, 0.4) is 0 Å². The zero-order chi connectivity index (χ0) is 32.9. The van der Waals surface area contributed by atoms with E-state index in [-0.39, 0.29) is 12.1 Å². The van der Waals surface area contributed by atoms with Crippen molar-refractivity contribution in [2.24, 2.45) is 0 Å². The van der Waals surface area contributed by atoms with Gasteiger partial charge in [-0.2, -0.15) is 0 Å². The molecule has 1 atom stereocenters. The molecule has 4 heteroatoms. The molecule has 0 aromatic rings. The molecule has 0 heterocycles. The van der Waals surface area contributed by atoms with Crippen molar-refractivity contribution in [3.8, 4) is 0 Å². The van der Waals surface area contributed by atoms with Crippen LogP contribution in [0.4, 0.5) is 0 Å². The molecule has 0 radical (unpaired) electrons. The summed E-state index contributed by atoms with van der Waals surface area (Å²) in [6.45, 7) is 4.54. The Bertz CT molecular complexity index is 643. The lowest BCUT2D eigenvalue weighted by Gasteiger charge is -2.18. The Labute approximate surface area is 281 Å². The third-order valence-electron chi connectivity index (χ3n) is 9.24. The highest BCUT2D eigenvalue weighted by molar-refractivity contribution is 5.69. The van der Waals surface area contributed by atoms with Crippen LogP contribution >= 0.6 is 0 Å². The molecule has 0 saturated carbocycles. The van der Waals surface area contributed by atoms with Gasteiger partial charge in [-0.1, -0.05) is 167 Å². The van der Waals surface area contributed by atoms with Crippen LogP contribution in [-0.2, 0) is 14.3 Å². The van der Waals surface area contributed by atoms with E-state index in [0.717, 1.165) is 51.4 Å². The summed E-state index contributed by atoms with van der Waals surface area (Å²) < 4.78 is 6.05. The average Bonchev–Trinajstić information content (AvgIpc) is 3.02. The molecule has 0 bridgehead atoms. The number of hydrogen-bond donors (Lipinski definition) is 1. The molecule has 0 aliphatic rings. The van der Waals surface area contributed by atoms with Crippen molar-refractivity contribution in [3.05, 3.63) is 12.2 Å². The summed E-state index contributed by atoms with van der Waals surface area (Å²) in [4.78, 5) is 23.3. The SMILES string of the molecule is CCCCCC/C=C\CCCCCCCCC(=O)OC(CCCCCCCCCC)CCCCCCCCCCCCC(=O)O. The van der Waals surface area contributed by atoms with Gasteiger partial charge in [0.2, 0.25) is 0 Å². The lowest BCUT2D eigenvalue weighted by molar-refractivity contribution is -0.150. The van der Waals surface area contributed by atoms with Gasteiger partial charge in [0, 0.05) is 12.8 Å². The van der Waals surface area contributed by atoms with E-state index in [4.69, 9.17) is 9.84 Å². The summed E-state index contributed by atoms with van der Waals surface area (Å²) in [5.74, 6) is -0.639. The minimum Gasteiger partial charge on any atom is -0.481 e. The van der Waals surface area contributed by atoms with Crippen molar-refractivity contribution >= 4 is 11.9 Å². The highest BCUT2D eigenvalue weighted by Gasteiger charge is 2.14. The quantitative estimate of drug-likeness (QED) is 0.0419. The monoisotopic (exact) mass is 635 g/mol. The van der Waals surface area contributed by atoms with Crippen molar-refractivity contribution in [1.29, 1.82) is 0 Å². The summed E-state index contributed by atoms with van der Waals surface area (Å²) in [6, 6.07) is 0. The van der Waals surface area contributed by atoms with E-state index in [1.165, 1.54) is 154 Å². The molecule has 0 aliphatic carbocycles. The highest BCUT2D eigenvalue weighted by atomic mass is 16.5. The third-order valence-corrected chi connectivity index (χ3v) is 9.24. The van der Waals surface area contributed by atoms with E-state index in [9.17, 15) is 9.59 Å². The highest BCUT2D eigenvalue weighted by Crippen LogP contribution is 2.19. The Morgan fingerprint density at radius 3 is 1.22 bits per heavy atom. The lowest BCUT2D eigenvalue weighted by atomic mass is 10.0. The number of ether oxygens (including phenoxy) is 1. The smallest absolute Gasteiger partial charge is 0.306 e. The van der Waals surface area contributed by atoms with E-state index in [0.29, 0.717) is 12.8 Å². The van der Waals surface area contributed by atoms with E-state index in [1.54, 1.807) is 0 Å². The minimum atomic E-state index is -0.673. The number of allylic oxidation sites excluding steroid dienone is 2. The fraction of sp³-hybridized carbons (Fsp3) is 0.902. The Kier molecular flexibility index (Phi) is 36.1. The Hall–Kier alpha value is -1.32. The second-order valence-corrected chi connectivity index (χ2v) is 13.8. The molecule has 0 spiro atoms. The number of carboxylic acid groups (broad SMARTS) is 1. The second-order valence-electron chi connectivity index (χ2n) is 13.8. The fourth-order valence-corrected chi connectivity index (χ4v) is 6.24. The van der Waals surface area contributed by atoms with Crippen LogP contribution in [0.2, 0.25) is 0 Å². The molecule has 0 aliphatic heterocycles. The number of carbonyl (C=O) groups is 2. The Balaban J connectivity index is 4.02. The molecule has 0 saturated heterocycles. The molecule has 266 valence electrons. The van der Waals surface area contributed by atoms with Crippen LogP contribution in [0.25, 0.3) is 0 Å². The van der Waals surface area contributed by atoms with Crippen molar-refractivity contribution in [2.75, 3.05) is 0 Å². The first-order valence-corrected chi connectivity index (χ1v) is 20.2. The third kappa shape index (κ3) is 37.0. The van der Waals surface area contributed by atoms with Crippen LogP contribution in [0, 0.1) is 0 Å². The number of unbranched alkanes of at least 4 members (excludes halogenated alkanes) is 26. The normalized spacial score (nSPS) is 12.2. The zero-order valence-corrected chi connectivity index (χ0v) is 30.4. The summed E-state index contributed by atoms with van der Waals surface area (Å²) in [5.41, 5.74) is 0. The molecular formula is C41H78O4. The predicted octanol–water partition coefficient (Wildman–Crippen LogP) is 13.8. The number of esters is 1. The first kappa shape index (κ1) is 43.7. The molecule has 1 N–H and O–H groups in total. The number of rotatable bonds is 37. The second kappa shape index (κ2) is 37.1. The predicted molar refractivity (Wildman–Crippen MR) is 195 cm³/mol. The van der Waals surface area contributed by atoms with Gasteiger partial charge in [-0.3, -0.25) is 9.59 Å². The molecule has 45 heavy (non-hydrogen) atoms. The molecule has 1 unspecified atom stereocenters. The van der Waals surface area contributed by atoms with Crippen molar-refractivity contribution in [3.63, 3.8) is 0 Å². The number of hydrogen-bond acceptors (Lipinski definition) is 3. The Morgan fingerprint density at radius 1 is 0.467 bits per heavy atom. The number of aliphatic carboxylic acids is 1. The minimum absolute atomic E-state index is 0.0343. The largest absolute Gasteiger partial charge is 0.481 e. The van der Waals surface area contributed by atoms with Gasteiger partial charge in [0.1, 0.15) is 6.10 Å².